The molecule has 1 aromatic carbocycles. The molecule has 8 heteroatoms. The van der Waals surface area contributed by atoms with Crippen LogP contribution in [0.15, 0.2) is 48.1 Å². The fraction of sp³-hybridized carbons (Fsp3) is 0.200. The molecule has 0 unspecified atom stereocenters. The third-order valence-corrected chi connectivity index (χ3v) is 6.58. The Labute approximate surface area is 169 Å². The van der Waals surface area contributed by atoms with E-state index in [1.54, 1.807) is 23.7 Å². The highest BCUT2D eigenvalue weighted by atomic mass is 32.1. The van der Waals surface area contributed by atoms with Crippen LogP contribution >= 0.6 is 22.7 Å². The van der Waals surface area contributed by atoms with Gasteiger partial charge < -0.3 is 10.2 Å². The largest absolute Gasteiger partial charge is 0.346 e. The number of aryl methyl sites for hydroxylation is 1. The molecule has 1 aliphatic rings. The maximum Gasteiger partial charge on any atom is 0.232 e. The monoisotopic (exact) mass is 407 g/mol. The van der Waals surface area contributed by atoms with Crippen molar-refractivity contribution in [3.63, 3.8) is 0 Å². The molecule has 4 heterocycles. The number of hydrogen-bond donors (Lipinski definition) is 1. The highest BCUT2D eigenvalue weighted by Crippen LogP contribution is 2.34. The molecule has 140 valence electrons. The van der Waals surface area contributed by atoms with Gasteiger partial charge in [-0.3, -0.25) is 9.78 Å². The molecule has 0 atom stereocenters. The van der Waals surface area contributed by atoms with Crippen LogP contribution in [-0.2, 0) is 4.79 Å². The van der Waals surface area contributed by atoms with E-state index in [2.05, 4.69) is 50.3 Å². The van der Waals surface area contributed by atoms with Gasteiger partial charge in [-0.25, -0.2) is 9.97 Å². The lowest BCUT2D eigenvalue weighted by atomic mass is 10.0. The van der Waals surface area contributed by atoms with Gasteiger partial charge in [0.05, 0.1) is 21.8 Å². The van der Waals surface area contributed by atoms with Gasteiger partial charge in [0.2, 0.25) is 5.91 Å². The zero-order valence-electron chi connectivity index (χ0n) is 15.1. The van der Waals surface area contributed by atoms with Crippen LogP contribution in [0.1, 0.15) is 5.56 Å². The van der Waals surface area contributed by atoms with E-state index < -0.39 is 0 Å². The highest BCUT2D eigenvalue weighted by molar-refractivity contribution is 7.22. The summed E-state index contributed by atoms with van der Waals surface area (Å²) in [7, 11) is 0. The maximum absolute atomic E-state index is 12.5. The van der Waals surface area contributed by atoms with Crippen molar-refractivity contribution >= 4 is 49.1 Å². The van der Waals surface area contributed by atoms with Crippen LogP contribution in [0.2, 0.25) is 0 Å². The minimum Gasteiger partial charge on any atom is -0.346 e. The van der Waals surface area contributed by atoms with E-state index in [0.717, 1.165) is 21.9 Å². The molecule has 0 spiro atoms. The normalized spacial score (nSPS) is 14.2. The van der Waals surface area contributed by atoms with Gasteiger partial charge in [-0.1, -0.05) is 17.4 Å². The van der Waals surface area contributed by atoms with Gasteiger partial charge in [0.1, 0.15) is 0 Å². The Morgan fingerprint density at radius 2 is 2.14 bits per heavy atom. The lowest BCUT2D eigenvalue weighted by molar-refractivity contribution is -0.120. The minimum atomic E-state index is -0.0421. The number of nitrogens with zero attached hydrogens (tertiary/aromatic N) is 4. The topological polar surface area (TPSA) is 71.0 Å². The number of carbonyl (C=O) groups excluding carboxylic acids is 1. The predicted molar refractivity (Wildman–Crippen MR) is 114 cm³/mol. The first-order chi connectivity index (χ1) is 13.7. The fourth-order valence-electron chi connectivity index (χ4n) is 3.14. The van der Waals surface area contributed by atoms with Crippen LogP contribution in [0.25, 0.3) is 21.5 Å². The molecule has 28 heavy (non-hydrogen) atoms. The standard InChI is InChI=1S/C20H17N5OS2/c1-12-4-5-15-17(7-12)28-20(23-15)25-9-14(10-25)18(26)24-19-22-16(11-27-19)13-3-2-6-21-8-13/h2-8,11,14H,9-10H2,1H3,(H,22,24,26). The summed E-state index contributed by atoms with van der Waals surface area (Å²) in [6, 6.07) is 10.1. The molecule has 1 aliphatic heterocycles. The Morgan fingerprint density at radius 1 is 1.25 bits per heavy atom. The number of benzene rings is 1. The quantitative estimate of drug-likeness (QED) is 0.549. The summed E-state index contributed by atoms with van der Waals surface area (Å²) in [6.07, 6.45) is 3.50. The number of carbonyl (C=O) groups is 1. The molecular formula is C20H17N5OS2. The summed E-state index contributed by atoms with van der Waals surface area (Å²) in [5.74, 6) is -0.0280. The van der Waals surface area contributed by atoms with Gasteiger partial charge >= 0.3 is 0 Å². The second kappa shape index (κ2) is 6.96. The molecule has 1 amide bonds. The van der Waals surface area contributed by atoms with Crippen LogP contribution in [0, 0.1) is 12.8 Å². The van der Waals surface area contributed by atoms with Crippen molar-refractivity contribution in [3.8, 4) is 11.3 Å². The van der Waals surface area contributed by atoms with Gasteiger partial charge in [-0.15, -0.1) is 11.3 Å². The van der Waals surface area contributed by atoms with Crippen molar-refractivity contribution in [2.45, 2.75) is 6.92 Å². The number of thiazole rings is 2. The molecule has 0 bridgehead atoms. The molecule has 1 fully saturated rings. The number of anilines is 2. The molecule has 3 aromatic heterocycles. The predicted octanol–water partition coefficient (Wildman–Crippen LogP) is 4.20. The highest BCUT2D eigenvalue weighted by Gasteiger charge is 2.34. The Balaban J connectivity index is 1.21. The lowest BCUT2D eigenvalue weighted by Crippen LogP contribution is -2.52. The summed E-state index contributed by atoms with van der Waals surface area (Å²) in [6.45, 7) is 3.46. The van der Waals surface area contributed by atoms with E-state index in [0.29, 0.717) is 18.2 Å². The van der Waals surface area contributed by atoms with Gasteiger partial charge in [0.25, 0.3) is 0 Å². The average Bonchev–Trinajstić information content (AvgIpc) is 3.28. The van der Waals surface area contributed by atoms with Crippen LogP contribution in [-0.4, -0.2) is 33.9 Å². The smallest absolute Gasteiger partial charge is 0.232 e. The van der Waals surface area contributed by atoms with Crippen molar-refractivity contribution in [1.82, 2.24) is 15.0 Å². The third kappa shape index (κ3) is 3.25. The second-order valence-corrected chi connectivity index (χ2v) is 8.71. The van der Waals surface area contributed by atoms with E-state index in [4.69, 9.17) is 0 Å². The fourth-order valence-corrected chi connectivity index (χ4v) is 4.95. The van der Waals surface area contributed by atoms with Crippen molar-refractivity contribution in [2.75, 3.05) is 23.3 Å². The number of amides is 1. The molecule has 0 saturated carbocycles. The van der Waals surface area contributed by atoms with Crippen LogP contribution < -0.4 is 10.2 Å². The summed E-state index contributed by atoms with van der Waals surface area (Å²) >= 11 is 3.11. The lowest BCUT2D eigenvalue weighted by Gasteiger charge is -2.37. The van der Waals surface area contributed by atoms with Crippen molar-refractivity contribution in [3.05, 3.63) is 53.7 Å². The molecule has 0 radical (unpaired) electrons. The minimum absolute atomic E-state index is 0.0142. The van der Waals surface area contributed by atoms with Gasteiger partial charge in [0.15, 0.2) is 10.3 Å². The Bertz CT molecular complexity index is 1150. The molecular weight excluding hydrogens is 390 g/mol. The first kappa shape index (κ1) is 17.3. The Morgan fingerprint density at radius 3 is 2.96 bits per heavy atom. The summed E-state index contributed by atoms with van der Waals surface area (Å²) < 4.78 is 1.19. The molecule has 1 N–H and O–H groups in total. The Kier molecular flexibility index (Phi) is 4.29. The Hall–Kier alpha value is -2.84. The van der Waals surface area contributed by atoms with Crippen LogP contribution in [0.3, 0.4) is 0 Å². The SMILES string of the molecule is Cc1ccc2nc(N3CC(C(=O)Nc4nc(-c5cccnc5)cs4)C3)sc2c1. The summed E-state index contributed by atoms with van der Waals surface area (Å²) in [4.78, 5) is 28.0. The van der Waals surface area contributed by atoms with Crippen molar-refractivity contribution in [2.24, 2.45) is 5.92 Å². The maximum atomic E-state index is 12.5. The van der Waals surface area contributed by atoms with E-state index in [9.17, 15) is 4.79 Å². The van der Waals surface area contributed by atoms with E-state index in [1.165, 1.54) is 21.6 Å². The van der Waals surface area contributed by atoms with Crippen LogP contribution in [0.5, 0.6) is 0 Å². The number of nitrogens with one attached hydrogen (secondary N) is 1. The number of hydrogen-bond acceptors (Lipinski definition) is 7. The van der Waals surface area contributed by atoms with E-state index >= 15 is 0 Å². The number of pyridine rings is 1. The van der Waals surface area contributed by atoms with Gasteiger partial charge in [-0.2, -0.15) is 0 Å². The zero-order chi connectivity index (χ0) is 19.1. The molecule has 6 nitrogen and oxygen atoms in total. The zero-order valence-corrected chi connectivity index (χ0v) is 16.8. The van der Waals surface area contributed by atoms with E-state index in [-0.39, 0.29) is 11.8 Å². The first-order valence-electron chi connectivity index (χ1n) is 8.94. The number of aromatic nitrogens is 3. The van der Waals surface area contributed by atoms with Gasteiger partial charge in [0, 0.05) is 36.4 Å². The van der Waals surface area contributed by atoms with Crippen molar-refractivity contribution < 1.29 is 4.79 Å². The van der Waals surface area contributed by atoms with Crippen molar-refractivity contribution in [1.29, 1.82) is 0 Å². The van der Waals surface area contributed by atoms with Crippen LogP contribution in [0.4, 0.5) is 10.3 Å². The molecule has 4 aromatic rings. The first-order valence-corrected chi connectivity index (χ1v) is 10.6. The molecule has 0 aliphatic carbocycles. The van der Waals surface area contributed by atoms with E-state index in [1.807, 2.05) is 17.5 Å². The second-order valence-electron chi connectivity index (χ2n) is 6.84. The average molecular weight is 408 g/mol. The number of rotatable bonds is 4. The summed E-state index contributed by atoms with van der Waals surface area (Å²) in [5.41, 5.74) is 4.02. The molecule has 5 rings (SSSR count). The van der Waals surface area contributed by atoms with Gasteiger partial charge in [-0.05, 0) is 36.8 Å². The number of fused-ring (bicyclic) bond motifs is 1. The molecule has 1 saturated heterocycles. The summed E-state index contributed by atoms with van der Waals surface area (Å²) in [5, 5.41) is 6.48. The third-order valence-electron chi connectivity index (χ3n) is 4.75.